The molecule has 0 bridgehead atoms. The van der Waals surface area contributed by atoms with Crippen LogP contribution in [0.4, 0.5) is 0 Å². The third-order valence-corrected chi connectivity index (χ3v) is 4.38. The molecule has 1 aromatic carbocycles. The van der Waals surface area contributed by atoms with Gasteiger partial charge in [0.25, 0.3) is 0 Å². The molecule has 90 valence electrons. The summed E-state index contributed by atoms with van der Waals surface area (Å²) in [6, 6.07) is 6.79. The van der Waals surface area contributed by atoms with E-state index in [1.807, 2.05) is 6.20 Å². The van der Waals surface area contributed by atoms with E-state index < -0.39 is 0 Å². The van der Waals surface area contributed by atoms with Crippen LogP contribution in [0.3, 0.4) is 0 Å². The Labute approximate surface area is 105 Å². The Kier molecular flexibility index (Phi) is 2.86. The van der Waals surface area contributed by atoms with Crippen molar-refractivity contribution in [3.63, 3.8) is 0 Å². The topological polar surface area (TPSA) is 42.1 Å². The van der Waals surface area contributed by atoms with Crippen molar-refractivity contribution in [3.8, 4) is 0 Å². The van der Waals surface area contributed by atoms with E-state index in [4.69, 9.17) is 5.73 Å². The van der Waals surface area contributed by atoms with Gasteiger partial charge in [-0.1, -0.05) is 18.2 Å². The molecule has 0 radical (unpaired) electrons. The first-order chi connectivity index (χ1) is 8.24. The van der Waals surface area contributed by atoms with E-state index in [9.17, 15) is 0 Å². The highest BCUT2D eigenvalue weighted by Gasteiger charge is 2.25. The van der Waals surface area contributed by atoms with Gasteiger partial charge in [0.1, 0.15) is 0 Å². The lowest BCUT2D eigenvalue weighted by atomic mass is 9.88. The zero-order valence-corrected chi connectivity index (χ0v) is 10.8. The fourth-order valence-electron chi connectivity index (χ4n) is 2.83. The fourth-order valence-corrected chi connectivity index (χ4v) is 3.67. The van der Waals surface area contributed by atoms with Crippen molar-refractivity contribution in [1.82, 2.24) is 9.27 Å². The molecule has 3 rings (SSSR count). The zero-order chi connectivity index (χ0) is 11.8. The van der Waals surface area contributed by atoms with Crippen LogP contribution in [-0.2, 0) is 0 Å². The lowest BCUT2D eigenvalue weighted by molar-refractivity contribution is 0.228. The van der Waals surface area contributed by atoms with Crippen LogP contribution in [0.25, 0.3) is 10.1 Å². The number of aromatic nitrogens is 1. The van der Waals surface area contributed by atoms with Crippen LogP contribution >= 0.6 is 11.5 Å². The molecule has 1 aliphatic heterocycles. The Morgan fingerprint density at radius 3 is 3.12 bits per heavy atom. The number of hydrogen-bond acceptors (Lipinski definition) is 4. The number of nitrogens with zero attached hydrogens (tertiary/aromatic N) is 2. The Bertz CT molecular complexity index is 512. The van der Waals surface area contributed by atoms with Gasteiger partial charge in [0.15, 0.2) is 0 Å². The third kappa shape index (κ3) is 2.08. The fraction of sp³-hybridized carbons (Fsp3) is 0.462. The normalized spacial score (nSPS) is 26.5. The average molecular weight is 247 g/mol. The number of benzene rings is 1. The molecule has 1 aliphatic rings. The second kappa shape index (κ2) is 4.37. The van der Waals surface area contributed by atoms with E-state index in [0.29, 0.717) is 12.0 Å². The predicted octanol–water partition coefficient (Wildman–Crippen LogP) is 2.04. The van der Waals surface area contributed by atoms with E-state index in [-0.39, 0.29) is 0 Å². The van der Waals surface area contributed by atoms with E-state index in [1.54, 1.807) is 11.5 Å². The van der Waals surface area contributed by atoms with Crippen molar-refractivity contribution in [3.05, 3.63) is 30.0 Å². The molecule has 3 nitrogen and oxygen atoms in total. The second-order valence-corrected chi connectivity index (χ2v) is 5.81. The number of hydrogen-bond donors (Lipinski definition) is 1. The smallest absolute Gasteiger partial charge is 0.0585 e. The van der Waals surface area contributed by atoms with Crippen molar-refractivity contribution in [2.45, 2.75) is 18.4 Å². The summed E-state index contributed by atoms with van der Waals surface area (Å²) in [5.74, 6) is 0.549. The number of fused-ring (bicyclic) bond motifs is 1. The van der Waals surface area contributed by atoms with Crippen molar-refractivity contribution in [2.75, 3.05) is 20.1 Å². The first-order valence-corrected chi connectivity index (χ1v) is 6.79. The van der Waals surface area contributed by atoms with Crippen molar-refractivity contribution in [2.24, 2.45) is 5.73 Å². The van der Waals surface area contributed by atoms with Crippen LogP contribution in [0.1, 0.15) is 17.9 Å². The van der Waals surface area contributed by atoms with E-state index in [2.05, 4.69) is 34.5 Å². The zero-order valence-electron chi connectivity index (χ0n) is 9.97. The summed E-state index contributed by atoms with van der Waals surface area (Å²) in [6.45, 7) is 2.11. The molecule has 2 N–H and O–H groups in total. The highest BCUT2D eigenvalue weighted by molar-refractivity contribution is 7.13. The van der Waals surface area contributed by atoms with Gasteiger partial charge in [-0.2, -0.15) is 4.37 Å². The van der Waals surface area contributed by atoms with Crippen LogP contribution in [0, 0.1) is 0 Å². The third-order valence-electron chi connectivity index (χ3n) is 3.52. The summed E-state index contributed by atoms with van der Waals surface area (Å²) in [5.41, 5.74) is 7.54. The van der Waals surface area contributed by atoms with Crippen molar-refractivity contribution < 1.29 is 0 Å². The quantitative estimate of drug-likeness (QED) is 0.838. The van der Waals surface area contributed by atoms with Gasteiger partial charge in [-0.25, -0.2) is 0 Å². The molecule has 17 heavy (non-hydrogen) atoms. The van der Waals surface area contributed by atoms with Gasteiger partial charge in [0.2, 0.25) is 0 Å². The average Bonchev–Trinajstić information content (AvgIpc) is 2.75. The van der Waals surface area contributed by atoms with Gasteiger partial charge in [-0.05, 0) is 36.5 Å². The number of rotatable bonds is 1. The molecule has 0 amide bonds. The molecule has 2 atom stereocenters. The molecule has 0 saturated carbocycles. The van der Waals surface area contributed by atoms with Crippen molar-refractivity contribution in [1.29, 1.82) is 0 Å². The highest BCUT2D eigenvalue weighted by Crippen LogP contribution is 2.33. The molecule has 2 unspecified atom stereocenters. The number of likely N-dealkylation sites (N-methyl/N-ethyl adjacent to an activating group) is 1. The van der Waals surface area contributed by atoms with Crippen LogP contribution < -0.4 is 5.73 Å². The Morgan fingerprint density at radius 1 is 1.41 bits per heavy atom. The van der Waals surface area contributed by atoms with Gasteiger partial charge < -0.3 is 10.6 Å². The minimum absolute atomic E-state index is 0.293. The SMILES string of the molecule is CN1CC(N)CC(c2cccc3cnsc23)C1. The number of nitrogens with two attached hydrogens (primary N) is 1. The van der Waals surface area contributed by atoms with E-state index in [0.717, 1.165) is 19.5 Å². The van der Waals surface area contributed by atoms with Gasteiger partial charge in [0.05, 0.1) is 4.70 Å². The van der Waals surface area contributed by atoms with Gasteiger partial charge >= 0.3 is 0 Å². The molecule has 1 fully saturated rings. The molecular formula is C13H17N3S. The molecule has 0 aliphatic carbocycles. The maximum atomic E-state index is 6.12. The second-order valence-electron chi connectivity index (χ2n) is 5.01. The van der Waals surface area contributed by atoms with Crippen LogP contribution in [0.5, 0.6) is 0 Å². The largest absolute Gasteiger partial charge is 0.327 e. The summed E-state index contributed by atoms with van der Waals surface area (Å²) in [6.07, 6.45) is 3.04. The van der Waals surface area contributed by atoms with Gasteiger partial charge in [0, 0.05) is 30.7 Å². The molecule has 4 heteroatoms. The number of likely N-dealkylation sites (tertiary alicyclic amines) is 1. The van der Waals surface area contributed by atoms with Gasteiger partial charge in [-0.3, -0.25) is 0 Å². The van der Waals surface area contributed by atoms with Crippen LogP contribution in [0.2, 0.25) is 0 Å². The summed E-state index contributed by atoms with van der Waals surface area (Å²) in [5, 5.41) is 1.26. The minimum Gasteiger partial charge on any atom is -0.327 e. The molecule has 2 heterocycles. The van der Waals surface area contributed by atoms with Crippen LogP contribution in [0.15, 0.2) is 24.4 Å². The Balaban J connectivity index is 2.00. The Morgan fingerprint density at radius 2 is 2.29 bits per heavy atom. The first-order valence-electron chi connectivity index (χ1n) is 6.01. The Hall–Kier alpha value is -0.970. The lowest BCUT2D eigenvalue weighted by Gasteiger charge is -2.34. The summed E-state index contributed by atoms with van der Waals surface area (Å²) in [4.78, 5) is 2.33. The molecule has 1 aromatic heterocycles. The molecular weight excluding hydrogens is 230 g/mol. The predicted molar refractivity (Wildman–Crippen MR) is 72.5 cm³/mol. The first kappa shape index (κ1) is 11.1. The molecule has 2 aromatic rings. The summed E-state index contributed by atoms with van der Waals surface area (Å²) >= 11 is 1.60. The molecule has 1 saturated heterocycles. The highest BCUT2D eigenvalue weighted by atomic mass is 32.1. The van der Waals surface area contributed by atoms with E-state index in [1.165, 1.54) is 15.6 Å². The van der Waals surface area contributed by atoms with Gasteiger partial charge in [-0.15, -0.1) is 0 Å². The lowest BCUT2D eigenvalue weighted by Crippen LogP contribution is -2.44. The minimum atomic E-state index is 0.293. The van der Waals surface area contributed by atoms with Crippen molar-refractivity contribution >= 4 is 21.6 Å². The number of piperidine rings is 1. The molecule has 0 spiro atoms. The monoisotopic (exact) mass is 247 g/mol. The maximum absolute atomic E-state index is 6.12. The maximum Gasteiger partial charge on any atom is 0.0585 e. The summed E-state index contributed by atoms with van der Waals surface area (Å²) < 4.78 is 5.62. The summed E-state index contributed by atoms with van der Waals surface area (Å²) in [7, 11) is 2.15. The van der Waals surface area contributed by atoms with E-state index >= 15 is 0 Å². The standard InChI is InChI=1S/C13H17N3S/c1-16-7-10(5-11(14)8-16)12-4-2-3-9-6-15-17-13(9)12/h2-4,6,10-11H,5,7-8,14H2,1H3. The van der Waals surface area contributed by atoms with Crippen LogP contribution in [-0.4, -0.2) is 35.5 Å².